The minimum absolute atomic E-state index is 0.206. The maximum Gasteiger partial charge on any atom is 0.269 e. The van der Waals surface area contributed by atoms with Crippen LogP contribution in [0.15, 0.2) is 53.7 Å². The lowest BCUT2D eigenvalue weighted by molar-refractivity contribution is 0.588. The van der Waals surface area contributed by atoms with Gasteiger partial charge in [0.15, 0.2) is 5.65 Å². The Bertz CT molecular complexity index is 1070. The number of rotatable bonds is 3. The van der Waals surface area contributed by atoms with Crippen LogP contribution >= 0.6 is 11.6 Å². The number of nitrogens with one attached hydrogen (secondary N) is 1. The van der Waals surface area contributed by atoms with Crippen LogP contribution in [-0.2, 0) is 10.0 Å². The second-order valence-corrected chi connectivity index (χ2v) is 7.84. The van der Waals surface area contributed by atoms with Gasteiger partial charge in [-0.2, -0.15) is 0 Å². The highest BCUT2D eigenvalue weighted by atomic mass is 35.5. The number of aromatic nitrogens is 3. The molecule has 1 aromatic carbocycles. The first kappa shape index (κ1) is 16.3. The predicted octanol–water partition coefficient (Wildman–Crippen LogP) is 2.70. The Balaban J connectivity index is 2.05. The number of benzene rings is 1. The quantitative estimate of drug-likeness (QED) is 0.713. The Morgan fingerprint density at radius 3 is 2.68 bits per heavy atom. The highest BCUT2D eigenvalue weighted by molar-refractivity contribution is 7.90. The monoisotopic (exact) mass is 374 g/mol. The first-order chi connectivity index (χ1) is 12.1. The smallest absolute Gasteiger partial charge is 0.269 e. The van der Waals surface area contributed by atoms with E-state index in [1.807, 2.05) is 6.08 Å². The van der Waals surface area contributed by atoms with E-state index < -0.39 is 10.0 Å². The van der Waals surface area contributed by atoms with Crippen molar-refractivity contribution in [2.75, 3.05) is 13.1 Å². The fourth-order valence-electron chi connectivity index (χ4n) is 2.98. The third kappa shape index (κ3) is 2.74. The zero-order valence-electron chi connectivity index (χ0n) is 13.2. The van der Waals surface area contributed by atoms with Gasteiger partial charge >= 0.3 is 0 Å². The van der Waals surface area contributed by atoms with Gasteiger partial charge in [-0.05, 0) is 36.7 Å². The molecular weight excluding hydrogens is 360 g/mol. The predicted molar refractivity (Wildman–Crippen MR) is 97.0 cm³/mol. The number of nitrogens with zero attached hydrogens (tertiary/aromatic N) is 3. The van der Waals surface area contributed by atoms with Gasteiger partial charge in [-0.15, -0.1) is 0 Å². The molecule has 0 unspecified atom stereocenters. The Kier molecular flexibility index (Phi) is 4.07. The van der Waals surface area contributed by atoms with E-state index in [-0.39, 0.29) is 10.0 Å². The molecule has 25 heavy (non-hydrogen) atoms. The lowest BCUT2D eigenvalue weighted by Gasteiger charge is -2.17. The van der Waals surface area contributed by atoms with Gasteiger partial charge in [0.1, 0.15) is 11.5 Å². The fraction of sp³-hybridized carbons (Fsp3) is 0.176. The van der Waals surface area contributed by atoms with E-state index in [0.717, 1.165) is 18.5 Å². The molecule has 0 amide bonds. The zero-order valence-corrected chi connectivity index (χ0v) is 14.8. The van der Waals surface area contributed by atoms with Gasteiger partial charge in [0.25, 0.3) is 10.0 Å². The normalized spacial score (nSPS) is 15.3. The van der Waals surface area contributed by atoms with Crippen molar-refractivity contribution in [2.45, 2.75) is 11.3 Å². The van der Waals surface area contributed by atoms with Crippen LogP contribution in [0.1, 0.15) is 12.1 Å². The Morgan fingerprint density at radius 2 is 1.96 bits per heavy atom. The summed E-state index contributed by atoms with van der Waals surface area (Å²) in [5, 5.41) is 4.00. The van der Waals surface area contributed by atoms with Crippen molar-refractivity contribution in [1.29, 1.82) is 0 Å². The van der Waals surface area contributed by atoms with E-state index in [4.69, 9.17) is 11.6 Å². The van der Waals surface area contributed by atoms with Crippen molar-refractivity contribution in [3.63, 3.8) is 0 Å². The van der Waals surface area contributed by atoms with Gasteiger partial charge in [-0.3, -0.25) is 0 Å². The minimum Gasteiger partial charge on any atom is -0.313 e. The second-order valence-electron chi connectivity index (χ2n) is 5.70. The topological polar surface area (TPSA) is 76.9 Å². The van der Waals surface area contributed by atoms with Crippen molar-refractivity contribution in [3.8, 4) is 0 Å². The highest BCUT2D eigenvalue weighted by Crippen LogP contribution is 2.32. The van der Waals surface area contributed by atoms with Crippen LogP contribution in [0.5, 0.6) is 0 Å². The molecule has 1 N–H and O–H groups in total. The summed E-state index contributed by atoms with van der Waals surface area (Å²) >= 11 is 6.19. The van der Waals surface area contributed by atoms with Crippen molar-refractivity contribution >= 4 is 38.2 Å². The molecule has 0 atom stereocenters. The molecule has 128 valence electrons. The van der Waals surface area contributed by atoms with Gasteiger partial charge in [-0.25, -0.2) is 22.4 Å². The lowest BCUT2D eigenvalue weighted by atomic mass is 10.1. The van der Waals surface area contributed by atoms with E-state index in [2.05, 4.69) is 15.3 Å². The summed E-state index contributed by atoms with van der Waals surface area (Å²) < 4.78 is 27.9. The molecule has 0 radical (unpaired) electrons. The van der Waals surface area contributed by atoms with Gasteiger partial charge in [0, 0.05) is 6.54 Å². The number of hydrogen-bond donors (Lipinski definition) is 1. The molecule has 0 bridgehead atoms. The van der Waals surface area contributed by atoms with Crippen LogP contribution in [0.25, 0.3) is 16.6 Å². The molecular formula is C17H15ClN4O2S. The Hall–Kier alpha value is -2.22. The van der Waals surface area contributed by atoms with Crippen molar-refractivity contribution in [2.24, 2.45) is 0 Å². The summed E-state index contributed by atoms with van der Waals surface area (Å²) in [5.41, 5.74) is 1.83. The standard InChI is InChI=1S/C17H15ClN4O2S/c18-16-14-10-15(12-6-8-19-9-7-12)22(17(14)21-11-20-16)25(23,24)13-4-2-1-3-5-13/h1-6,10-11,19H,7-9H2. The number of halogens is 1. The van der Waals surface area contributed by atoms with Crippen molar-refractivity contribution < 1.29 is 8.42 Å². The lowest BCUT2D eigenvalue weighted by Crippen LogP contribution is -2.22. The first-order valence-corrected chi connectivity index (χ1v) is 9.63. The van der Waals surface area contributed by atoms with E-state index in [9.17, 15) is 8.42 Å². The molecule has 3 heterocycles. The maximum absolute atomic E-state index is 13.3. The molecule has 0 spiro atoms. The van der Waals surface area contributed by atoms with Crippen LogP contribution in [0.2, 0.25) is 5.15 Å². The van der Waals surface area contributed by atoms with Crippen molar-refractivity contribution in [3.05, 3.63) is 59.6 Å². The summed E-state index contributed by atoms with van der Waals surface area (Å²) in [6.07, 6.45) is 4.00. The summed E-state index contributed by atoms with van der Waals surface area (Å²) in [6.45, 7) is 1.49. The third-order valence-electron chi connectivity index (χ3n) is 4.18. The average molecular weight is 375 g/mol. The molecule has 3 aromatic rings. The summed E-state index contributed by atoms with van der Waals surface area (Å²) in [6, 6.07) is 10.1. The molecule has 6 nitrogen and oxygen atoms in total. The van der Waals surface area contributed by atoms with E-state index >= 15 is 0 Å². The van der Waals surface area contributed by atoms with Crippen LogP contribution in [0.4, 0.5) is 0 Å². The largest absolute Gasteiger partial charge is 0.313 e. The molecule has 1 aliphatic heterocycles. The Morgan fingerprint density at radius 1 is 1.16 bits per heavy atom. The van der Waals surface area contributed by atoms with Gasteiger partial charge in [0.05, 0.1) is 16.0 Å². The summed E-state index contributed by atoms with van der Waals surface area (Å²) in [4.78, 5) is 8.38. The molecule has 4 rings (SSSR count). The van der Waals surface area contributed by atoms with E-state index in [1.54, 1.807) is 36.4 Å². The molecule has 2 aromatic heterocycles. The van der Waals surface area contributed by atoms with Crippen LogP contribution in [-0.4, -0.2) is 35.4 Å². The van der Waals surface area contributed by atoms with Crippen molar-refractivity contribution in [1.82, 2.24) is 19.3 Å². The molecule has 0 fully saturated rings. The molecule has 0 aliphatic carbocycles. The molecule has 8 heteroatoms. The average Bonchev–Trinajstić information content (AvgIpc) is 3.05. The zero-order chi connectivity index (χ0) is 17.4. The highest BCUT2D eigenvalue weighted by Gasteiger charge is 2.26. The maximum atomic E-state index is 13.3. The SMILES string of the molecule is O=S(=O)(c1ccccc1)n1c(C2=CCNCC2)cc2c(Cl)ncnc21. The number of fused-ring (bicyclic) bond motifs is 1. The van der Waals surface area contributed by atoms with Gasteiger partial charge < -0.3 is 5.32 Å². The minimum atomic E-state index is -3.81. The molecule has 0 saturated carbocycles. The van der Waals surface area contributed by atoms with Crippen LogP contribution in [0.3, 0.4) is 0 Å². The molecule has 1 aliphatic rings. The van der Waals surface area contributed by atoms with Gasteiger partial charge in [0.2, 0.25) is 0 Å². The second kappa shape index (κ2) is 6.25. The summed E-state index contributed by atoms with van der Waals surface area (Å²) in [5.74, 6) is 0. The third-order valence-corrected chi connectivity index (χ3v) is 6.20. The Labute approximate surface area is 150 Å². The fourth-order valence-corrected chi connectivity index (χ4v) is 4.68. The van der Waals surface area contributed by atoms with Gasteiger partial charge in [-0.1, -0.05) is 35.9 Å². The van der Waals surface area contributed by atoms with Crippen LogP contribution in [0, 0.1) is 0 Å². The van der Waals surface area contributed by atoms with Crippen LogP contribution < -0.4 is 5.32 Å². The first-order valence-electron chi connectivity index (χ1n) is 7.82. The molecule has 0 saturated heterocycles. The summed E-state index contributed by atoms with van der Waals surface area (Å²) in [7, 11) is -3.81. The number of hydrogen-bond acceptors (Lipinski definition) is 5. The van der Waals surface area contributed by atoms with E-state index in [1.165, 1.54) is 10.3 Å². The van der Waals surface area contributed by atoms with E-state index in [0.29, 0.717) is 23.3 Å².